The Morgan fingerprint density at radius 3 is 2.71 bits per heavy atom. The standard InChI is InChI=1S/C16H27N3O2/c1-11(2)12-3-5-13(6-4-12)16-18-15(21-19-16)9-14-10-17-7-8-20-14/h11-14,17H,3-10H2,1-2H3. The first-order valence-electron chi connectivity index (χ1n) is 8.37. The lowest BCUT2D eigenvalue weighted by Crippen LogP contribution is -2.39. The molecule has 1 N–H and O–H groups in total. The molecule has 21 heavy (non-hydrogen) atoms. The molecule has 118 valence electrons. The second-order valence-corrected chi connectivity index (χ2v) is 6.80. The lowest BCUT2D eigenvalue weighted by Gasteiger charge is -2.29. The van der Waals surface area contributed by atoms with Gasteiger partial charge in [-0.3, -0.25) is 0 Å². The molecule has 2 fully saturated rings. The molecule has 3 rings (SSSR count). The summed E-state index contributed by atoms with van der Waals surface area (Å²) in [5.41, 5.74) is 0. The van der Waals surface area contributed by atoms with Crippen molar-refractivity contribution in [3.8, 4) is 0 Å². The summed E-state index contributed by atoms with van der Waals surface area (Å²) in [7, 11) is 0. The Morgan fingerprint density at radius 1 is 1.24 bits per heavy atom. The van der Waals surface area contributed by atoms with Gasteiger partial charge in [0.25, 0.3) is 0 Å². The van der Waals surface area contributed by atoms with Crippen molar-refractivity contribution >= 4 is 0 Å². The summed E-state index contributed by atoms with van der Waals surface area (Å²) in [6.45, 7) is 7.23. The van der Waals surface area contributed by atoms with Crippen molar-refractivity contribution in [2.24, 2.45) is 11.8 Å². The van der Waals surface area contributed by atoms with Gasteiger partial charge in [0.2, 0.25) is 5.89 Å². The molecular formula is C16H27N3O2. The third-order valence-corrected chi connectivity index (χ3v) is 4.97. The molecule has 0 radical (unpaired) electrons. The van der Waals surface area contributed by atoms with Crippen LogP contribution in [0.5, 0.6) is 0 Å². The van der Waals surface area contributed by atoms with E-state index in [4.69, 9.17) is 9.26 Å². The maximum Gasteiger partial charge on any atom is 0.229 e. The summed E-state index contributed by atoms with van der Waals surface area (Å²) in [5.74, 6) is 3.79. The number of rotatable bonds is 4. The molecule has 5 nitrogen and oxygen atoms in total. The van der Waals surface area contributed by atoms with Crippen LogP contribution in [0.3, 0.4) is 0 Å². The minimum absolute atomic E-state index is 0.170. The van der Waals surface area contributed by atoms with Crippen LogP contribution in [-0.2, 0) is 11.2 Å². The highest BCUT2D eigenvalue weighted by molar-refractivity contribution is 4.99. The second-order valence-electron chi connectivity index (χ2n) is 6.80. The van der Waals surface area contributed by atoms with Gasteiger partial charge in [-0.05, 0) is 37.5 Å². The fourth-order valence-corrected chi connectivity index (χ4v) is 3.51. The Balaban J connectivity index is 1.53. The zero-order valence-corrected chi connectivity index (χ0v) is 13.2. The maximum atomic E-state index is 5.69. The van der Waals surface area contributed by atoms with E-state index < -0.39 is 0 Å². The summed E-state index contributed by atoms with van der Waals surface area (Å²) in [6.07, 6.45) is 5.88. The highest BCUT2D eigenvalue weighted by Gasteiger charge is 2.27. The van der Waals surface area contributed by atoms with E-state index in [1.165, 1.54) is 25.7 Å². The number of ether oxygens (including phenoxy) is 1. The average molecular weight is 293 g/mol. The van der Waals surface area contributed by atoms with Gasteiger partial charge in [0.05, 0.1) is 19.1 Å². The Hall–Kier alpha value is -0.940. The molecule has 1 saturated carbocycles. The van der Waals surface area contributed by atoms with Crippen molar-refractivity contribution in [2.45, 2.75) is 58.0 Å². The first kappa shape index (κ1) is 15.0. The van der Waals surface area contributed by atoms with E-state index in [1.54, 1.807) is 0 Å². The van der Waals surface area contributed by atoms with Crippen LogP contribution in [0.15, 0.2) is 4.52 Å². The topological polar surface area (TPSA) is 60.2 Å². The summed E-state index contributed by atoms with van der Waals surface area (Å²) >= 11 is 0. The molecule has 2 heterocycles. The van der Waals surface area contributed by atoms with E-state index in [9.17, 15) is 0 Å². The molecular weight excluding hydrogens is 266 g/mol. The van der Waals surface area contributed by atoms with Crippen molar-refractivity contribution in [3.05, 3.63) is 11.7 Å². The second kappa shape index (κ2) is 6.88. The largest absolute Gasteiger partial charge is 0.375 e. The molecule has 0 spiro atoms. The van der Waals surface area contributed by atoms with Crippen LogP contribution in [0.25, 0.3) is 0 Å². The Kier molecular flexibility index (Phi) is 4.91. The number of hydrogen-bond acceptors (Lipinski definition) is 5. The predicted octanol–water partition coefficient (Wildman–Crippen LogP) is 2.53. The van der Waals surface area contributed by atoms with Gasteiger partial charge in [0.1, 0.15) is 0 Å². The fraction of sp³-hybridized carbons (Fsp3) is 0.875. The van der Waals surface area contributed by atoms with Crippen LogP contribution in [0.4, 0.5) is 0 Å². The molecule has 2 aliphatic rings. The third kappa shape index (κ3) is 3.83. The van der Waals surface area contributed by atoms with Gasteiger partial charge in [-0.1, -0.05) is 19.0 Å². The van der Waals surface area contributed by atoms with E-state index in [0.717, 1.165) is 49.7 Å². The highest BCUT2D eigenvalue weighted by Crippen LogP contribution is 2.37. The van der Waals surface area contributed by atoms with Crippen LogP contribution in [-0.4, -0.2) is 35.9 Å². The van der Waals surface area contributed by atoms with Gasteiger partial charge < -0.3 is 14.6 Å². The Bertz CT molecular complexity index is 432. The monoisotopic (exact) mass is 293 g/mol. The fourth-order valence-electron chi connectivity index (χ4n) is 3.51. The minimum Gasteiger partial charge on any atom is -0.375 e. The number of nitrogens with zero attached hydrogens (tertiary/aromatic N) is 2. The normalized spacial score (nSPS) is 30.7. The Labute approximate surface area is 126 Å². The van der Waals surface area contributed by atoms with Crippen LogP contribution >= 0.6 is 0 Å². The van der Waals surface area contributed by atoms with E-state index >= 15 is 0 Å². The lowest BCUT2D eigenvalue weighted by molar-refractivity contribution is 0.0246. The van der Waals surface area contributed by atoms with E-state index in [2.05, 4.69) is 29.3 Å². The zero-order valence-electron chi connectivity index (χ0n) is 13.2. The lowest BCUT2D eigenvalue weighted by atomic mass is 9.77. The molecule has 0 amide bonds. The molecule has 0 bridgehead atoms. The molecule has 1 aromatic rings. The molecule has 1 unspecified atom stereocenters. The summed E-state index contributed by atoms with van der Waals surface area (Å²) in [4.78, 5) is 4.61. The van der Waals surface area contributed by atoms with Crippen LogP contribution < -0.4 is 5.32 Å². The summed E-state index contributed by atoms with van der Waals surface area (Å²) < 4.78 is 11.1. The Morgan fingerprint density at radius 2 is 2.05 bits per heavy atom. The van der Waals surface area contributed by atoms with E-state index in [1.807, 2.05) is 0 Å². The molecule has 1 aliphatic carbocycles. The SMILES string of the molecule is CC(C)C1CCC(c2noc(CC3CNCCO3)n2)CC1. The van der Waals surface area contributed by atoms with Crippen molar-refractivity contribution in [2.75, 3.05) is 19.7 Å². The maximum absolute atomic E-state index is 5.69. The quantitative estimate of drug-likeness (QED) is 0.924. The van der Waals surface area contributed by atoms with Gasteiger partial charge in [0.15, 0.2) is 5.82 Å². The van der Waals surface area contributed by atoms with Crippen LogP contribution in [0.1, 0.15) is 57.2 Å². The first-order valence-corrected chi connectivity index (χ1v) is 8.37. The summed E-state index contributed by atoms with van der Waals surface area (Å²) in [5, 5.41) is 7.54. The number of nitrogens with one attached hydrogen (secondary N) is 1. The number of aromatic nitrogens is 2. The van der Waals surface area contributed by atoms with Crippen molar-refractivity contribution in [1.82, 2.24) is 15.5 Å². The molecule has 1 aliphatic heterocycles. The zero-order chi connectivity index (χ0) is 14.7. The van der Waals surface area contributed by atoms with Gasteiger partial charge in [0, 0.05) is 19.0 Å². The van der Waals surface area contributed by atoms with Crippen LogP contribution in [0.2, 0.25) is 0 Å². The van der Waals surface area contributed by atoms with E-state index in [-0.39, 0.29) is 6.10 Å². The average Bonchev–Trinajstić information content (AvgIpc) is 2.97. The number of hydrogen-bond donors (Lipinski definition) is 1. The van der Waals surface area contributed by atoms with Crippen molar-refractivity contribution < 1.29 is 9.26 Å². The predicted molar refractivity (Wildman–Crippen MR) is 80.1 cm³/mol. The van der Waals surface area contributed by atoms with Crippen LogP contribution in [0, 0.1) is 11.8 Å². The molecule has 5 heteroatoms. The van der Waals surface area contributed by atoms with Gasteiger partial charge in [-0.25, -0.2) is 0 Å². The number of morpholine rings is 1. The van der Waals surface area contributed by atoms with E-state index in [0.29, 0.717) is 5.92 Å². The molecule has 1 aromatic heterocycles. The summed E-state index contributed by atoms with van der Waals surface area (Å²) in [6, 6.07) is 0. The molecule has 0 aromatic carbocycles. The minimum atomic E-state index is 0.170. The van der Waals surface area contributed by atoms with Crippen molar-refractivity contribution in [1.29, 1.82) is 0 Å². The molecule has 1 saturated heterocycles. The highest BCUT2D eigenvalue weighted by atomic mass is 16.5. The van der Waals surface area contributed by atoms with Gasteiger partial charge in [-0.2, -0.15) is 4.98 Å². The first-order chi connectivity index (χ1) is 10.2. The smallest absolute Gasteiger partial charge is 0.229 e. The van der Waals surface area contributed by atoms with Gasteiger partial charge in [-0.15, -0.1) is 0 Å². The van der Waals surface area contributed by atoms with Gasteiger partial charge >= 0.3 is 0 Å². The van der Waals surface area contributed by atoms with Crippen molar-refractivity contribution in [3.63, 3.8) is 0 Å². The third-order valence-electron chi connectivity index (χ3n) is 4.97. The molecule has 1 atom stereocenters.